The molecule has 1 aromatic rings. The van der Waals surface area contributed by atoms with Gasteiger partial charge in [0.2, 0.25) is 0 Å². The molecule has 1 aromatic carbocycles. The average molecular weight is 259 g/mol. The lowest BCUT2D eigenvalue weighted by Gasteiger charge is -2.06. The number of rotatable bonds is 4. The first kappa shape index (κ1) is 16.1. The highest BCUT2D eigenvalue weighted by Crippen LogP contribution is 2.22. The van der Waals surface area contributed by atoms with Crippen molar-refractivity contribution in [1.82, 2.24) is 0 Å². The topological polar surface area (TPSA) is 12.0 Å². The van der Waals surface area contributed by atoms with E-state index in [2.05, 4.69) is 14.6 Å². The van der Waals surface area contributed by atoms with Gasteiger partial charge in [-0.3, -0.25) is 0 Å². The highest BCUT2D eigenvalue weighted by Gasteiger charge is 2.09. The van der Waals surface area contributed by atoms with Gasteiger partial charge in [-0.15, -0.1) is 9.24 Å². The van der Waals surface area contributed by atoms with Crippen LogP contribution in [0.2, 0.25) is 0 Å². The third-order valence-electron chi connectivity index (χ3n) is 2.14. The summed E-state index contributed by atoms with van der Waals surface area (Å²) in [4.78, 5) is 0. The highest BCUT2D eigenvalue weighted by atomic mass is 31.0. The van der Waals surface area contributed by atoms with Gasteiger partial charge in [0.15, 0.2) is 11.6 Å². The van der Waals surface area contributed by atoms with Crippen molar-refractivity contribution in [2.24, 2.45) is 0 Å². The van der Waals surface area contributed by atoms with Gasteiger partial charge in [0.25, 0.3) is 0 Å². The number of hydrogen-bond donors (Lipinski definition) is 1. The average Bonchev–Trinajstić information content (AvgIpc) is 2.37. The van der Waals surface area contributed by atoms with E-state index in [0.717, 1.165) is 18.9 Å². The van der Waals surface area contributed by atoms with Crippen LogP contribution in [0.4, 0.5) is 14.5 Å². The molecule has 0 aliphatic rings. The molecule has 0 saturated carbocycles. The maximum atomic E-state index is 13.4. The van der Waals surface area contributed by atoms with E-state index in [1.54, 1.807) is 13.1 Å². The molecule has 0 bridgehead atoms. The van der Waals surface area contributed by atoms with Gasteiger partial charge in [-0.1, -0.05) is 32.2 Å². The largest absolute Gasteiger partial charge is 0.388 e. The molecule has 1 rings (SSSR count). The van der Waals surface area contributed by atoms with Crippen molar-refractivity contribution >= 4 is 21.0 Å². The molecule has 1 unspecified atom stereocenters. The van der Waals surface area contributed by atoms with Gasteiger partial charge >= 0.3 is 0 Å². The SMILES string of the molecule is CCC/C=C\c1c(NC)ccc(F)c1F.CP. The van der Waals surface area contributed by atoms with Gasteiger partial charge in [0.05, 0.1) is 0 Å². The molecule has 1 atom stereocenters. The summed E-state index contributed by atoms with van der Waals surface area (Å²) in [6.45, 7) is 3.95. The predicted octanol–water partition coefficient (Wildman–Crippen LogP) is 4.31. The van der Waals surface area contributed by atoms with Crippen LogP contribution in [-0.2, 0) is 0 Å². The standard InChI is InChI=1S/C12H15F2N.CH5P/c1-3-4-5-6-9-11(15-2)8-7-10(13)12(9)14;1-2/h5-8,15H,3-4H2,1-2H3;2H2,1H3/b6-5-;. The fourth-order valence-corrected chi connectivity index (χ4v) is 1.32. The van der Waals surface area contributed by atoms with Gasteiger partial charge in [0, 0.05) is 18.3 Å². The zero-order valence-electron chi connectivity index (χ0n) is 10.6. The summed E-state index contributed by atoms with van der Waals surface area (Å²) >= 11 is 0. The Kier molecular flexibility index (Phi) is 8.61. The van der Waals surface area contributed by atoms with Crippen molar-refractivity contribution in [1.29, 1.82) is 0 Å². The molecule has 0 heterocycles. The van der Waals surface area contributed by atoms with Crippen molar-refractivity contribution in [2.45, 2.75) is 19.8 Å². The van der Waals surface area contributed by atoms with Crippen LogP contribution in [-0.4, -0.2) is 13.7 Å². The second kappa shape index (κ2) is 9.12. The van der Waals surface area contributed by atoms with Crippen LogP contribution in [0.25, 0.3) is 6.08 Å². The Hall–Kier alpha value is -0.950. The molecular formula is C13H20F2NP. The normalized spacial score (nSPS) is 10.0. The maximum Gasteiger partial charge on any atom is 0.168 e. The van der Waals surface area contributed by atoms with Crippen LogP contribution in [0.5, 0.6) is 0 Å². The van der Waals surface area contributed by atoms with Gasteiger partial charge in [-0.25, -0.2) is 8.78 Å². The van der Waals surface area contributed by atoms with E-state index in [9.17, 15) is 8.78 Å². The third kappa shape index (κ3) is 4.82. The van der Waals surface area contributed by atoms with Crippen LogP contribution in [0, 0.1) is 11.6 Å². The van der Waals surface area contributed by atoms with Gasteiger partial charge in [-0.2, -0.15) is 0 Å². The maximum absolute atomic E-state index is 13.4. The lowest BCUT2D eigenvalue weighted by atomic mass is 10.1. The number of halogens is 2. The van der Waals surface area contributed by atoms with Crippen molar-refractivity contribution in [3.8, 4) is 0 Å². The molecule has 1 N–H and O–H groups in total. The molecule has 0 spiro atoms. The lowest BCUT2D eigenvalue weighted by Crippen LogP contribution is -1.97. The van der Waals surface area contributed by atoms with Crippen LogP contribution in [0.3, 0.4) is 0 Å². The molecular weight excluding hydrogens is 239 g/mol. The number of unbranched alkanes of at least 4 members (excludes halogenated alkanes) is 1. The zero-order chi connectivity index (χ0) is 13.3. The highest BCUT2D eigenvalue weighted by molar-refractivity contribution is 7.15. The van der Waals surface area contributed by atoms with Crippen molar-refractivity contribution in [2.75, 3.05) is 19.0 Å². The van der Waals surface area contributed by atoms with E-state index < -0.39 is 11.6 Å². The Morgan fingerprint density at radius 2 is 1.94 bits per heavy atom. The van der Waals surface area contributed by atoms with Crippen LogP contribution >= 0.6 is 9.24 Å². The molecule has 0 aliphatic carbocycles. The number of allylic oxidation sites excluding steroid dienone is 1. The first-order valence-corrected chi connectivity index (χ1v) is 6.76. The molecule has 0 saturated heterocycles. The molecule has 0 aromatic heterocycles. The minimum atomic E-state index is -0.815. The first-order valence-electron chi connectivity index (χ1n) is 5.60. The quantitative estimate of drug-likeness (QED) is 0.794. The summed E-state index contributed by atoms with van der Waals surface area (Å²) in [5.41, 5.74) is 0.882. The van der Waals surface area contributed by atoms with Crippen molar-refractivity contribution < 1.29 is 8.78 Å². The van der Waals surface area contributed by atoms with Crippen LogP contribution in [0.15, 0.2) is 18.2 Å². The summed E-state index contributed by atoms with van der Waals surface area (Å²) in [6.07, 6.45) is 5.31. The molecule has 0 fully saturated rings. The molecule has 0 amide bonds. The Morgan fingerprint density at radius 1 is 1.29 bits per heavy atom. The fraction of sp³-hybridized carbons (Fsp3) is 0.385. The second-order valence-corrected chi connectivity index (χ2v) is 3.26. The smallest absolute Gasteiger partial charge is 0.168 e. The van der Waals surface area contributed by atoms with E-state index >= 15 is 0 Å². The number of benzene rings is 1. The van der Waals surface area contributed by atoms with Gasteiger partial charge < -0.3 is 5.32 Å². The monoisotopic (exact) mass is 259 g/mol. The Balaban J connectivity index is 0.00000121. The van der Waals surface area contributed by atoms with Gasteiger partial charge in [0.1, 0.15) is 0 Å². The number of anilines is 1. The molecule has 0 radical (unpaired) electrons. The Morgan fingerprint density at radius 3 is 2.47 bits per heavy atom. The molecule has 17 heavy (non-hydrogen) atoms. The lowest BCUT2D eigenvalue weighted by molar-refractivity contribution is 0.507. The van der Waals surface area contributed by atoms with E-state index in [4.69, 9.17) is 0 Å². The summed E-state index contributed by atoms with van der Waals surface area (Å²) in [7, 11) is 4.10. The zero-order valence-corrected chi connectivity index (χ0v) is 11.7. The summed E-state index contributed by atoms with van der Waals surface area (Å²) in [5, 5.41) is 2.83. The number of hydrogen-bond acceptors (Lipinski definition) is 1. The number of nitrogens with one attached hydrogen (secondary N) is 1. The minimum Gasteiger partial charge on any atom is -0.388 e. The van der Waals surface area contributed by atoms with E-state index in [1.165, 1.54) is 6.07 Å². The molecule has 4 heteroatoms. The predicted molar refractivity (Wildman–Crippen MR) is 75.5 cm³/mol. The molecule has 1 nitrogen and oxygen atoms in total. The molecule has 0 aliphatic heterocycles. The summed E-state index contributed by atoms with van der Waals surface area (Å²) < 4.78 is 26.4. The molecule has 96 valence electrons. The van der Waals surface area contributed by atoms with Crippen LogP contribution < -0.4 is 5.32 Å². The van der Waals surface area contributed by atoms with Gasteiger partial charge in [-0.05, 0) is 18.6 Å². The fourth-order valence-electron chi connectivity index (χ4n) is 1.32. The second-order valence-electron chi connectivity index (χ2n) is 3.26. The Labute approximate surface area is 105 Å². The summed E-state index contributed by atoms with van der Waals surface area (Å²) in [5.74, 6) is -1.61. The minimum absolute atomic E-state index is 0.283. The van der Waals surface area contributed by atoms with E-state index in [1.807, 2.05) is 19.7 Å². The van der Waals surface area contributed by atoms with E-state index in [-0.39, 0.29) is 5.56 Å². The Bertz CT molecular complexity index is 365. The third-order valence-corrected chi connectivity index (χ3v) is 2.14. The summed E-state index contributed by atoms with van der Waals surface area (Å²) in [6, 6.07) is 2.66. The first-order chi connectivity index (χ1) is 8.20. The van der Waals surface area contributed by atoms with E-state index in [0.29, 0.717) is 5.69 Å². The van der Waals surface area contributed by atoms with Crippen molar-refractivity contribution in [3.63, 3.8) is 0 Å². The van der Waals surface area contributed by atoms with Crippen molar-refractivity contribution in [3.05, 3.63) is 35.4 Å². The van der Waals surface area contributed by atoms with Crippen LogP contribution in [0.1, 0.15) is 25.3 Å².